The molecule has 1 aliphatic carbocycles. The van der Waals surface area contributed by atoms with Crippen LogP contribution in [-0.2, 0) is 6.61 Å². The Morgan fingerprint density at radius 2 is 1.82 bits per heavy atom. The van der Waals surface area contributed by atoms with Crippen molar-refractivity contribution < 1.29 is 9.53 Å². The van der Waals surface area contributed by atoms with Crippen LogP contribution in [0.1, 0.15) is 28.8 Å². The van der Waals surface area contributed by atoms with E-state index in [9.17, 15) is 4.79 Å². The molecule has 3 aromatic rings. The summed E-state index contributed by atoms with van der Waals surface area (Å²) >= 11 is 5.89. The number of hydrogen-bond acceptors (Lipinski definition) is 4. The molecule has 142 valence electrons. The molecule has 0 atom stereocenters. The van der Waals surface area contributed by atoms with Gasteiger partial charge in [0.05, 0.1) is 0 Å². The van der Waals surface area contributed by atoms with E-state index in [1.54, 1.807) is 18.3 Å². The number of nitrogens with one attached hydrogen (secondary N) is 2. The van der Waals surface area contributed by atoms with E-state index in [-0.39, 0.29) is 5.91 Å². The summed E-state index contributed by atoms with van der Waals surface area (Å²) in [4.78, 5) is 16.4. The second kappa shape index (κ2) is 8.31. The van der Waals surface area contributed by atoms with Crippen molar-refractivity contribution >= 4 is 29.0 Å². The number of anilines is 2. The molecule has 0 bridgehead atoms. The van der Waals surface area contributed by atoms with Crippen LogP contribution in [0.15, 0.2) is 66.9 Å². The molecule has 2 N–H and O–H groups in total. The lowest BCUT2D eigenvalue weighted by atomic mass is 10.2. The molecule has 6 heteroatoms. The number of carbonyl (C=O) groups excluding carboxylic acids is 1. The predicted molar refractivity (Wildman–Crippen MR) is 110 cm³/mol. The highest BCUT2D eigenvalue weighted by atomic mass is 35.5. The summed E-state index contributed by atoms with van der Waals surface area (Å²) in [5.74, 6) is 1.34. The Labute approximate surface area is 168 Å². The Bertz CT molecular complexity index is 954. The summed E-state index contributed by atoms with van der Waals surface area (Å²) in [7, 11) is 0. The maximum absolute atomic E-state index is 12.2. The van der Waals surface area contributed by atoms with Crippen LogP contribution < -0.4 is 15.4 Å². The summed E-state index contributed by atoms with van der Waals surface area (Å²) in [6.07, 6.45) is 3.76. The first-order valence-electron chi connectivity index (χ1n) is 9.17. The van der Waals surface area contributed by atoms with E-state index >= 15 is 0 Å². The van der Waals surface area contributed by atoms with Crippen molar-refractivity contribution in [2.75, 3.05) is 5.32 Å². The quantitative estimate of drug-likeness (QED) is 0.596. The van der Waals surface area contributed by atoms with Crippen molar-refractivity contribution in [1.29, 1.82) is 0 Å². The lowest BCUT2D eigenvalue weighted by Gasteiger charge is -2.10. The molecule has 0 radical (unpaired) electrons. The minimum atomic E-state index is -0.0566. The highest BCUT2D eigenvalue weighted by Crippen LogP contribution is 2.22. The fourth-order valence-corrected chi connectivity index (χ4v) is 2.79. The largest absolute Gasteiger partial charge is 0.489 e. The second-order valence-corrected chi connectivity index (χ2v) is 7.18. The third-order valence-corrected chi connectivity index (χ3v) is 4.63. The summed E-state index contributed by atoms with van der Waals surface area (Å²) in [6, 6.07) is 19.0. The average molecular weight is 394 g/mol. The number of pyridine rings is 1. The normalized spacial score (nSPS) is 13.0. The number of aromatic nitrogens is 1. The maximum atomic E-state index is 12.2. The maximum Gasteiger partial charge on any atom is 0.251 e. The van der Waals surface area contributed by atoms with Gasteiger partial charge in [0.15, 0.2) is 0 Å². The summed E-state index contributed by atoms with van der Waals surface area (Å²) in [6.45, 7) is 0.476. The Morgan fingerprint density at radius 1 is 1.07 bits per heavy atom. The van der Waals surface area contributed by atoms with Crippen LogP contribution in [0.25, 0.3) is 0 Å². The number of ether oxygens (including phenoxy) is 1. The molecule has 4 rings (SSSR count). The van der Waals surface area contributed by atoms with Gasteiger partial charge in [-0.1, -0.05) is 23.7 Å². The zero-order valence-electron chi connectivity index (χ0n) is 15.2. The van der Waals surface area contributed by atoms with Crippen LogP contribution in [-0.4, -0.2) is 16.9 Å². The van der Waals surface area contributed by atoms with Gasteiger partial charge >= 0.3 is 0 Å². The van der Waals surface area contributed by atoms with E-state index in [2.05, 4.69) is 15.6 Å². The number of rotatable bonds is 7. The SMILES string of the molecule is O=C(NC1CC1)c1ccnc(Nc2ccc(OCc3ccc(Cl)cc3)cc2)c1. The van der Waals surface area contributed by atoms with Gasteiger partial charge in [0.2, 0.25) is 0 Å². The molecule has 5 nitrogen and oxygen atoms in total. The first kappa shape index (κ1) is 18.3. The second-order valence-electron chi connectivity index (χ2n) is 6.74. The smallest absolute Gasteiger partial charge is 0.251 e. The Morgan fingerprint density at radius 3 is 2.54 bits per heavy atom. The lowest BCUT2D eigenvalue weighted by Crippen LogP contribution is -2.25. The zero-order chi connectivity index (χ0) is 19.3. The first-order valence-corrected chi connectivity index (χ1v) is 9.55. The minimum Gasteiger partial charge on any atom is -0.489 e. The van der Waals surface area contributed by atoms with E-state index < -0.39 is 0 Å². The fourth-order valence-electron chi connectivity index (χ4n) is 2.67. The molecule has 1 aliphatic rings. The van der Waals surface area contributed by atoms with Gasteiger partial charge in [-0.2, -0.15) is 0 Å². The van der Waals surface area contributed by atoms with Gasteiger partial charge in [-0.3, -0.25) is 4.79 Å². The van der Waals surface area contributed by atoms with Crippen molar-refractivity contribution in [2.24, 2.45) is 0 Å². The van der Waals surface area contributed by atoms with E-state index in [1.165, 1.54) is 0 Å². The molecule has 2 aromatic carbocycles. The standard InChI is InChI=1S/C22H20ClN3O2/c23-17-3-1-15(2-4-17)14-28-20-9-7-18(8-10-20)25-21-13-16(11-12-24-21)22(27)26-19-5-6-19/h1-4,7-13,19H,5-6,14H2,(H,24,25)(H,26,27). The molecule has 0 aliphatic heterocycles. The van der Waals surface area contributed by atoms with Crippen LogP contribution in [0, 0.1) is 0 Å². The van der Waals surface area contributed by atoms with Crippen molar-refractivity contribution in [3.63, 3.8) is 0 Å². The van der Waals surface area contributed by atoms with Crippen molar-refractivity contribution in [1.82, 2.24) is 10.3 Å². The molecule has 0 saturated heterocycles. The number of carbonyl (C=O) groups is 1. The van der Waals surface area contributed by atoms with Gasteiger partial charge in [-0.05, 0) is 66.9 Å². The lowest BCUT2D eigenvalue weighted by molar-refractivity contribution is 0.0951. The number of halogens is 1. The topological polar surface area (TPSA) is 63.2 Å². The third kappa shape index (κ3) is 5.02. The predicted octanol–water partition coefficient (Wildman–Crippen LogP) is 4.95. The molecule has 1 fully saturated rings. The molecule has 1 saturated carbocycles. The van der Waals surface area contributed by atoms with Gasteiger partial charge in [-0.15, -0.1) is 0 Å². The number of nitrogens with zero attached hydrogens (tertiary/aromatic N) is 1. The van der Waals surface area contributed by atoms with Gasteiger partial charge in [-0.25, -0.2) is 4.98 Å². The van der Waals surface area contributed by atoms with Gasteiger partial charge in [0.25, 0.3) is 5.91 Å². The third-order valence-electron chi connectivity index (χ3n) is 4.38. The molecular formula is C22H20ClN3O2. The van der Waals surface area contributed by atoms with Crippen molar-refractivity contribution in [3.8, 4) is 5.75 Å². The molecule has 1 amide bonds. The number of amides is 1. The van der Waals surface area contributed by atoms with E-state index in [0.717, 1.165) is 29.8 Å². The van der Waals surface area contributed by atoms with Crippen LogP contribution in [0.5, 0.6) is 5.75 Å². The number of hydrogen-bond donors (Lipinski definition) is 2. The highest BCUT2D eigenvalue weighted by Gasteiger charge is 2.23. The van der Waals surface area contributed by atoms with Gasteiger partial charge in [0, 0.05) is 28.5 Å². The number of benzene rings is 2. The summed E-state index contributed by atoms with van der Waals surface area (Å²) < 4.78 is 5.79. The van der Waals surface area contributed by atoms with E-state index in [4.69, 9.17) is 16.3 Å². The van der Waals surface area contributed by atoms with Crippen LogP contribution in [0.2, 0.25) is 5.02 Å². The molecule has 1 heterocycles. The summed E-state index contributed by atoms with van der Waals surface area (Å²) in [5.41, 5.74) is 2.52. The van der Waals surface area contributed by atoms with Crippen molar-refractivity contribution in [2.45, 2.75) is 25.5 Å². The highest BCUT2D eigenvalue weighted by molar-refractivity contribution is 6.30. The Balaban J connectivity index is 1.35. The molecule has 0 unspecified atom stereocenters. The first-order chi connectivity index (χ1) is 13.7. The Hall–Kier alpha value is -3.05. The average Bonchev–Trinajstić information content (AvgIpc) is 3.53. The van der Waals surface area contributed by atoms with Crippen LogP contribution in [0.4, 0.5) is 11.5 Å². The zero-order valence-corrected chi connectivity index (χ0v) is 15.9. The van der Waals surface area contributed by atoms with Crippen molar-refractivity contribution in [3.05, 3.63) is 83.0 Å². The van der Waals surface area contributed by atoms with Crippen LogP contribution in [0.3, 0.4) is 0 Å². The van der Waals surface area contributed by atoms with E-state index in [0.29, 0.717) is 29.1 Å². The van der Waals surface area contributed by atoms with E-state index in [1.807, 2.05) is 48.5 Å². The molecular weight excluding hydrogens is 374 g/mol. The van der Waals surface area contributed by atoms with Gasteiger partial charge < -0.3 is 15.4 Å². The molecule has 1 aromatic heterocycles. The van der Waals surface area contributed by atoms with Crippen LogP contribution >= 0.6 is 11.6 Å². The molecule has 28 heavy (non-hydrogen) atoms. The fraction of sp³-hybridized carbons (Fsp3) is 0.182. The Kier molecular flexibility index (Phi) is 5.44. The minimum absolute atomic E-state index is 0.0566. The molecule has 0 spiro atoms. The summed E-state index contributed by atoms with van der Waals surface area (Å²) in [5, 5.41) is 6.91. The van der Waals surface area contributed by atoms with Gasteiger partial charge in [0.1, 0.15) is 18.2 Å². The monoisotopic (exact) mass is 393 g/mol.